The molecule has 1 amide bonds. The predicted octanol–water partition coefficient (Wildman–Crippen LogP) is 2.39. The molecule has 0 saturated carbocycles. The summed E-state index contributed by atoms with van der Waals surface area (Å²) in [6, 6.07) is 14.0. The van der Waals surface area contributed by atoms with Crippen LogP contribution in [-0.4, -0.2) is 22.3 Å². The van der Waals surface area contributed by atoms with Crippen molar-refractivity contribution in [2.24, 2.45) is 0 Å². The van der Waals surface area contributed by atoms with Gasteiger partial charge >= 0.3 is 0 Å². The molecule has 0 N–H and O–H groups in total. The molecule has 2 rings (SSSR count). The first kappa shape index (κ1) is 13.7. The summed E-state index contributed by atoms with van der Waals surface area (Å²) in [7, 11) is 0. The van der Waals surface area contributed by atoms with Crippen LogP contribution in [0.4, 0.5) is 4.39 Å². The third-order valence-electron chi connectivity index (χ3n) is 2.75. The molecule has 0 unspecified atom stereocenters. The van der Waals surface area contributed by atoms with Gasteiger partial charge in [0.1, 0.15) is 6.54 Å². The highest BCUT2D eigenvalue weighted by Gasteiger charge is 2.19. The molecule has 0 spiro atoms. The monoisotopic (exact) mass is 269 g/mol. The number of aromatic nitrogens is 1. The van der Waals surface area contributed by atoms with Crippen molar-refractivity contribution in [3.63, 3.8) is 0 Å². The normalized spacial score (nSPS) is 9.80. The SMILES string of the molecule is N#CCN(Cc1ccccc1)C(=O)c1cccnc1F. The smallest absolute Gasteiger partial charge is 0.259 e. The molecule has 100 valence electrons. The average Bonchev–Trinajstić information content (AvgIpc) is 2.48. The first-order valence-electron chi connectivity index (χ1n) is 6.03. The average molecular weight is 269 g/mol. The third kappa shape index (κ3) is 3.18. The van der Waals surface area contributed by atoms with Crippen LogP contribution in [0.5, 0.6) is 0 Å². The number of amides is 1. The zero-order valence-electron chi connectivity index (χ0n) is 10.7. The van der Waals surface area contributed by atoms with Crippen molar-refractivity contribution in [3.05, 3.63) is 65.7 Å². The van der Waals surface area contributed by atoms with Gasteiger partial charge in [0.05, 0.1) is 11.6 Å². The first-order chi connectivity index (χ1) is 9.72. The summed E-state index contributed by atoms with van der Waals surface area (Å²) in [4.78, 5) is 17.0. The second-order valence-corrected chi connectivity index (χ2v) is 4.15. The highest BCUT2D eigenvalue weighted by Crippen LogP contribution is 2.11. The summed E-state index contributed by atoms with van der Waals surface area (Å²) in [5.74, 6) is -1.37. The van der Waals surface area contributed by atoms with E-state index in [1.165, 1.54) is 23.2 Å². The minimum Gasteiger partial charge on any atom is -0.321 e. The zero-order chi connectivity index (χ0) is 14.4. The Balaban J connectivity index is 2.23. The Bertz CT molecular complexity index is 637. The van der Waals surface area contributed by atoms with Crippen LogP contribution in [0.1, 0.15) is 15.9 Å². The maximum absolute atomic E-state index is 13.5. The van der Waals surface area contributed by atoms with E-state index in [0.717, 1.165) is 5.56 Å². The van der Waals surface area contributed by atoms with Crippen LogP contribution in [0.2, 0.25) is 0 Å². The molecule has 1 aromatic carbocycles. The fraction of sp³-hybridized carbons (Fsp3) is 0.133. The van der Waals surface area contributed by atoms with E-state index in [9.17, 15) is 9.18 Å². The lowest BCUT2D eigenvalue weighted by Crippen LogP contribution is -2.31. The van der Waals surface area contributed by atoms with Gasteiger partial charge in [0.2, 0.25) is 5.95 Å². The van der Waals surface area contributed by atoms with Crippen LogP contribution in [0.3, 0.4) is 0 Å². The minimum atomic E-state index is -0.825. The number of benzene rings is 1. The zero-order valence-corrected chi connectivity index (χ0v) is 10.7. The Morgan fingerprint density at radius 3 is 2.65 bits per heavy atom. The Morgan fingerprint density at radius 1 is 1.25 bits per heavy atom. The lowest BCUT2D eigenvalue weighted by Gasteiger charge is -2.19. The van der Waals surface area contributed by atoms with Crippen molar-refractivity contribution in [3.8, 4) is 6.07 Å². The van der Waals surface area contributed by atoms with Crippen LogP contribution < -0.4 is 0 Å². The summed E-state index contributed by atoms with van der Waals surface area (Å²) in [6.07, 6.45) is 1.28. The standard InChI is InChI=1S/C15H12FN3O/c16-14-13(7-4-9-18-14)15(20)19(10-8-17)11-12-5-2-1-3-6-12/h1-7,9H,10-11H2. The molecule has 0 atom stereocenters. The molecule has 0 fully saturated rings. The van der Waals surface area contributed by atoms with E-state index in [1.807, 2.05) is 36.4 Å². The fourth-order valence-corrected chi connectivity index (χ4v) is 1.80. The molecule has 0 radical (unpaired) electrons. The van der Waals surface area contributed by atoms with Gasteiger partial charge in [-0.3, -0.25) is 4.79 Å². The third-order valence-corrected chi connectivity index (χ3v) is 2.75. The van der Waals surface area contributed by atoms with E-state index in [1.54, 1.807) is 0 Å². The summed E-state index contributed by atoms with van der Waals surface area (Å²) in [6.45, 7) is 0.142. The predicted molar refractivity (Wildman–Crippen MR) is 71.0 cm³/mol. The lowest BCUT2D eigenvalue weighted by atomic mass is 10.2. The van der Waals surface area contributed by atoms with Gasteiger partial charge in [-0.05, 0) is 17.7 Å². The molecular weight excluding hydrogens is 257 g/mol. The van der Waals surface area contributed by atoms with Crippen LogP contribution >= 0.6 is 0 Å². The van der Waals surface area contributed by atoms with Crippen LogP contribution in [0.25, 0.3) is 0 Å². The minimum absolute atomic E-state index is 0.109. The van der Waals surface area contributed by atoms with Gasteiger partial charge in [0.25, 0.3) is 5.91 Å². The molecule has 0 aliphatic rings. The molecule has 2 aromatic rings. The van der Waals surface area contributed by atoms with Gasteiger partial charge in [-0.15, -0.1) is 0 Å². The molecule has 0 aliphatic heterocycles. The molecule has 5 heteroatoms. The molecule has 1 heterocycles. The van der Waals surface area contributed by atoms with Crippen molar-refractivity contribution in [2.45, 2.75) is 6.54 Å². The van der Waals surface area contributed by atoms with E-state index in [2.05, 4.69) is 4.98 Å². The van der Waals surface area contributed by atoms with E-state index >= 15 is 0 Å². The molecule has 4 nitrogen and oxygen atoms in total. The molecule has 0 aliphatic carbocycles. The number of hydrogen-bond acceptors (Lipinski definition) is 3. The fourth-order valence-electron chi connectivity index (χ4n) is 1.80. The number of halogens is 1. The van der Waals surface area contributed by atoms with E-state index in [-0.39, 0.29) is 18.7 Å². The Hall–Kier alpha value is -2.74. The van der Waals surface area contributed by atoms with Gasteiger partial charge in [0.15, 0.2) is 0 Å². The quantitative estimate of drug-likeness (QED) is 0.632. The maximum Gasteiger partial charge on any atom is 0.259 e. The number of pyridine rings is 1. The lowest BCUT2D eigenvalue weighted by molar-refractivity contribution is 0.0759. The van der Waals surface area contributed by atoms with Crippen molar-refractivity contribution in [1.29, 1.82) is 5.26 Å². The van der Waals surface area contributed by atoms with Gasteiger partial charge in [-0.25, -0.2) is 4.98 Å². The van der Waals surface area contributed by atoms with Crippen LogP contribution in [-0.2, 0) is 6.54 Å². The number of carbonyl (C=O) groups is 1. The van der Waals surface area contributed by atoms with Crippen molar-refractivity contribution in [1.82, 2.24) is 9.88 Å². The number of nitrogens with zero attached hydrogens (tertiary/aromatic N) is 3. The van der Waals surface area contributed by atoms with E-state index in [0.29, 0.717) is 0 Å². The first-order valence-corrected chi connectivity index (χ1v) is 6.03. The Morgan fingerprint density at radius 2 is 2.00 bits per heavy atom. The van der Waals surface area contributed by atoms with Gasteiger partial charge < -0.3 is 4.90 Å². The highest BCUT2D eigenvalue weighted by molar-refractivity contribution is 5.94. The largest absolute Gasteiger partial charge is 0.321 e. The summed E-state index contributed by atoms with van der Waals surface area (Å²) in [5.41, 5.74) is 0.749. The maximum atomic E-state index is 13.5. The Labute approximate surface area is 116 Å². The van der Waals surface area contributed by atoms with Crippen molar-refractivity contribution in [2.75, 3.05) is 6.54 Å². The summed E-state index contributed by atoms with van der Waals surface area (Å²) < 4.78 is 13.5. The second-order valence-electron chi connectivity index (χ2n) is 4.15. The number of hydrogen-bond donors (Lipinski definition) is 0. The molecule has 0 bridgehead atoms. The highest BCUT2D eigenvalue weighted by atomic mass is 19.1. The van der Waals surface area contributed by atoms with Crippen LogP contribution in [0, 0.1) is 17.3 Å². The molecule has 20 heavy (non-hydrogen) atoms. The number of carbonyl (C=O) groups excluding carboxylic acids is 1. The van der Waals surface area contributed by atoms with E-state index < -0.39 is 11.9 Å². The number of nitriles is 1. The molecule has 0 saturated heterocycles. The van der Waals surface area contributed by atoms with Crippen molar-refractivity contribution < 1.29 is 9.18 Å². The second kappa shape index (κ2) is 6.43. The number of rotatable bonds is 4. The van der Waals surface area contributed by atoms with Gasteiger partial charge in [0, 0.05) is 12.7 Å². The van der Waals surface area contributed by atoms with Gasteiger partial charge in [-0.1, -0.05) is 30.3 Å². The summed E-state index contributed by atoms with van der Waals surface area (Å²) >= 11 is 0. The summed E-state index contributed by atoms with van der Waals surface area (Å²) in [5, 5.41) is 8.83. The Kier molecular flexibility index (Phi) is 4.40. The van der Waals surface area contributed by atoms with Crippen molar-refractivity contribution >= 4 is 5.91 Å². The van der Waals surface area contributed by atoms with Gasteiger partial charge in [-0.2, -0.15) is 9.65 Å². The van der Waals surface area contributed by atoms with Crippen LogP contribution in [0.15, 0.2) is 48.7 Å². The van der Waals surface area contributed by atoms with E-state index in [4.69, 9.17) is 5.26 Å². The topological polar surface area (TPSA) is 57.0 Å². The molecular formula is C15H12FN3O. The molecule has 1 aromatic heterocycles.